The number of methoxy groups -OCH3 is 2. The lowest BCUT2D eigenvalue weighted by Crippen LogP contribution is -2.33. The number of ether oxygens (including phenoxy) is 2. The SMILES string of the molecule is COc1ccc(OC)c([C@@H]2C3=C(C[C@@H](c4cccs4)CC3=O)Nc3ncnn32)c1. The van der Waals surface area contributed by atoms with Crippen LogP contribution in [0.15, 0.2) is 53.3 Å². The number of anilines is 1. The lowest BCUT2D eigenvalue weighted by atomic mass is 9.80. The molecule has 7 nitrogen and oxygen atoms in total. The number of carbonyl (C=O) groups excluding carboxylic acids is 1. The second-order valence-electron chi connectivity index (χ2n) is 7.10. The summed E-state index contributed by atoms with van der Waals surface area (Å²) in [5.74, 6) is 2.30. The lowest BCUT2D eigenvalue weighted by molar-refractivity contribution is -0.116. The van der Waals surface area contributed by atoms with E-state index in [4.69, 9.17) is 9.47 Å². The smallest absolute Gasteiger partial charge is 0.226 e. The molecule has 3 heterocycles. The van der Waals surface area contributed by atoms with E-state index in [1.165, 1.54) is 11.2 Å². The highest BCUT2D eigenvalue weighted by molar-refractivity contribution is 7.10. The predicted octanol–water partition coefficient (Wildman–Crippen LogP) is 3.77. The molecule has 0 amide bonds. The van der Waals surface area contributed by atoms with Gasteiger partial charge in [-0.1, -0.05) is 6.07 Å². The summed E-state index contributed by atoms with van der Waals surface area (Å²) in [7, 11) is 3.25. The van der Waals surface area contributed by atoms with Crippen molar-refractivity contribution in [1.82, 2.24) is 14.8 Å². The van der Waals surface area contributed by atoms with E-state index in [2.05, 4.69) is 26.8 Å². The number of hydrogen-bond acceptors (Lipinski definition) is 7. The molecule has 0 saturated carbocycles. The second-order valence-corrected chi connectivity index (χ2v) is 8.08. The van der Waals surface area contributed by atoms with Crippen molar-refractivity contribution in [3.05, 3.63) is 63.7 Å². The first-order valence-electron chi connectivity index (χ1n) is 9.37. The summed E-state index contributed by atoms with van der Waals surface area (Å²) in [6.07, 6.45) is 2.74. The molecule has 0 spiro atoms. The minimum absolute atomic E-state index is 0.119. The number of Topliss-reactive ketones (excluding diaryl/α,β-unsaturated/α-hetero) is 1. The third kappa shape index (κ3) is 2.91. The largest absolute Gasteiger partial charge is 0.497 e. The van der Waals surface area contributed by atoms with Gasteiger partial charge < -0.3 is 14.8 Å². The number of nitrogens with one attached hydrogen (secondary N) is 1. The van der Waals surface area contributed by atoms with E-state index in [0.717, 1.165) is 23.3 Å². The fraction of sp³-hybridized carbons (Fsp3) is 0.286. The highest BCUT2D eigenvalue weighted by Gasteiger charge is 2.40. The minimum atomic E-state index is -0.411. The summed E-state index contributed by atoms with van der Waals surface area (Å²) in [5.41, 5.74) is 2.47. The zero-order chi connectivity index (χ0) is 20.0. The summed E-state index contributed by atoms with van der Waals surface area (Å²) in [4.78, 5) is 19.0. The molecule has 0 saturated heterocycles. The molecule has 2 atom stereocenters. The molecule has 2 aliphatic rings. The highest BCUT2D eigenvalue weighted by Crippen LogP contribution is 2.46. The summed E-state index contributed by atoms with van der Waals surface area (Å²) in [6.45, 7) is 0. The first-order valence-corrected chi connectivity index (χ1v) is 10.3. The van der Waals surface area contributed by atoms with Gasteiger partial charge in [0.15, 0.2) is 5.78 Å². The molecule has 2 aromatic heterocycles. The number of hydrogen-bond donors (Lipinski definition) is 1. The van der Waals surface area contributed by atoms with E-state index in [0.29, 0.717) is 23.9 Å². The molecule has 148 valence electrons. The first-order chi connectivity index (χ1) is 14.2. The van der Waals surface area contributed by atoms with Crippen LogP contribution in [0.1, 0.15) is 35.2 Å². The second kappa shape index (κ2) is 7.04. The number of thiophene rings is 1. The van der Waals surface area contributed by atoms with Crippen molar-refractivity contribution in [1.29, 1.82) is 0 Å². The number of ketones is 1. The van der Waals surface area contributed by atoms with Crippen molar-refractivity contribution in [3.63, 3.8) is 0 Å². The standard InChI is InChI=1S/C21H20N4O3S/c1-27-13-5-6-17(28-2)14(10-13)20-19-15(24-21-22-11-23-25(20)21)8-12(9-16(19)26)18-4-3-7-29-18/h3-7,10-12,20H,8-9H2,1-2H3,(H,22,23,24)/t12-,20-/m1/s1. The van der Waals surface area contributed by atoms with Crippen LogP contribution >= 0.6 is 11.3 Å². The van der Waals surface area contributed by atoms with Gasteiger partial charge in [-0.15, -0.1) is 11.3 Å². The van der Waals surface area contributed by atoms with Crippen molar-refractivity contribution < 1.29 is 14.3 Å². The zero-order valence-electron chi connectivity index (χ0n) is 16.1. The Kier molecular flexibility index (Phi) is 4.35. The van der Waals surface area contributed by atoms with Gasteiger partial charge in [-0.3, -0.25) is 4.79 Å². The summed E-state index contributed by atoms with van der Waals surface area (Å²) >= 11 is 1.69. The summed E-state index contributed by atoms with van der Waals surface area (Å²) < 4.78 is 12.8. The molecule has 1 aromatic carbocycles. The average Bonchev–Trinajstić information content (AvgIpc) is 3.43. The normalized spacial score (nSPS) is 20.7. The van der Waals surface area contributed by atoms with Gasteiger partial charge in [0.05, 0.1) is 14.2 Å². The maximum atomic E-state index is 13.4. The lowest BCUT2D eigenvalue weighted by Gasteiger charge is -2.35. The minimum Gasteiger partial charge on any atom is -0.497 e. The van der Waals surface area contributed by atoms with Crippen LogP contribution in [0.2, 0.25) is 0 Å². The third-order valence-electron chi connectivity index (χ3n) is 5.54. The molecule has 0 radical (unpaired) electrons. The van der Waals surface area contributed by atoms with E-state index in [9.17, 15) is 4.79 Å². The topological polar surface area (TPSA) is 78.3 Å². The van der Waals surface area contributed by atoms with Crippen LogP contribution in [0.4, 0.5) is 5.95 Å². The zero-order valence-corrected chi connectivity index (χ0v) is 16.9. The molecule has 5 rings (SSSR count). The number of rotatable bonds is 4. The van der Waals surface area contributed by atoms with Gasteiger partial charge in [-0.25, -0.2) is 4.68 Å². The van der Waals surface area contributed by atoms with Gasteiger partial charge in [0.1, 0.15) is 23.9 Å². The number of benzene rings is 1. The molecule has 0 unspecified atom stereocenters. The Morgan fingerprint density at radius 3 is 2.86 bits per heavy atom. The van der Waals surface area contributed by atoms with E-state index in [-0.39, 0.29) is 11.7 Å². The molecule has 1 N–H and O–H groups in total. The molecule has 3 aromatic rings. The summed E-state index contributed by atoms with van der Waals surface area (Å²) in [5, 5.41) is 9.80. The van der Waals surface area contributed by atoms with E-state index in [1.807, 2.05) is 24.3 Å². The van der Waals surface area contributed by atoms with Gasteiger partial charge >= 0.3 is 0 Å². The van der Waals surface area contributed by atoms with Crippen LogP contribution in [0.25, 0.3) is 0 Å². The maximum absolute atomic E-state index is 13.4. The molecule has 0 fully saturated rings. The highest BCUT2D eigenvalue weighted by atomic mass is 32.1. The first kappa shape index (κ1) is 17.9. The third-order valence-corrected chi connectivity index (χ3v) is 6.57. The van der Waals surface area contributed by atoms with Crippen molar-refractivity contribution >= 4 is 23.1 Å². The Morgan fingerprint density at radius 1 is 1.21 bits per heavy atom. The van der Waals surface area contributed by atoms with Crippen molar-refractivity contribution in [2.45, 2.75) is 24.8 Å². The Morgan fingerprint density at radius 2 is 2.10 bits per heavy atom. The van der Waals surface area contributed by atoms with Crippen LogP contribution in [0.3, 0.4) is 0 Å². The van der Waals surface area contributed by atoms with Crippen molar-refractivity contribution in [2.24, 2.45) is 0 Å². The number of fused-ring (bicyclic) bond motifs is 1. The van der Waals surface area contributed by atoms with Gasteiger partial charge in [-0.05, 0) is 36.1 Å². The maximum Gasteiger partial charge on any atom is 0.226 e. The van der Waals surface area contributed by atoms with Gasteiger partial charge in [0.25, 0.3) is 0 Å². The van der Waals surface area contributed by atoms with Crippen LogP contribution < -0.4 is 14.8 Å². The number of allylic oxidation sites excluding steroid dienone is 2. The fourth-order valence-electron chi connectivity index (χ4n) is 4.22. The quantitative estimate of drug-likeness (QED) is 0.708. The van der Waals surface area contributed by atoms with Gasteiger partial charge in [0, 0.05) is 34.0 Å². The van der Waals surface area contributed by atoms with Gasteiger partial charge in [-0.2, -0.15) is 10.1 Å². The van der Waals surface area contributed by atoms with E-state index in [1.54, 1.807) is 30.2 Å². The van der Waals surface area contributed by atoms with Crippen LogP contribution in [0, 0.1) is 0 Å². The Labute approximate surface area is 172 Å². The Bertz CT molecular complexity index is 1100. The van der Waals surface area contributed by atoms with E-state index < -0.39 is 6.04 Å². The number of aromatic nitrogens is 3. The molecule has 0 bridgehead atoms. The molecule has 1 aliphatic heterocycles. The predicted molar refractivity (Wildman–Crippen MR) is 110 cm³/mol. The number of nitrogens with zero attached hydrogens (tertiary/aromatic N) is 3. The van der Waals surface area contributed by atoms with E-state index >= 15 is 0 Å². The Balaban J connectivity index is 1.66. The molecule has 29 heavy (non-hydrogen) atoms. The average molecular weight is 408 g/mol. The monoisotopic (exact) mass is 408 g/mol. The molecule has 1 aliphatic carbocycles. The molecule has 8 heteroatoms. The fourth-order valence-corrected chi connectivity index (χ4v) is 5.05. The summed E-state index contributed by atoms with van der Waals surface area (Å²) in [6, 6.07) is 9.32. The Hall–Kier alpha value is -3.13. The van der Waals surface area contributed by atoms with Gasteiger partial charge in [0.2, 0.25) is 5.95 Å². The van der Waals surface area contributed by atoms with Crippen LogP contribution in [0.5, 0.6) is 11.5 Å². The van der Waals surface area contributed by atoms with Crippen molar-refractivity contribution in [3.8, 4) is 11.5 Å². The molecular formula is C21H20N4O3S. The molecular weight excluding hydrogens is 388 g/mol. The van der Waals surface area contributed by atoms with Crippen molar-refractivity contribution in [2.75, 3.05) is 19.5 Å². The van der Waals surface area contributed by atoms with Crippen LogP contribution in [-0.4, -0.2) is 34.8 Å². The van der Waals surface area contributed by atoms with Crippen LogP contribution in [-0.2, 0) is 4.79 Å². The number of carbonyl (C=O) groups is 1.